The van der Waals surface area contributed by atoms with Crippen molar-refractivity contribution in [3.05, 3.63) is 43.3 Å². The average molecular weight is 427 g/mol. The molecule has 90 valence electrons. The molecule has 0 aromatic heterocycles. The van der Waals surface area contributed by atoms with Crippen LogP contribution in [0.3, 0.4) is 0 Å². The molecular weight excluding hydrogens is 420 g/mol. The van der Waals surface area contributed by atoms with Crippen LogP contribution in [0.25, 0.3) is 0 Å². The molecule has 2 rings (SSSR count). The Balaban J connectivity index is 2.25. The second-order valence-electron chi connectivity index (χ2n) is 3.48. The Morgan fingerprint density at radius 1 is 1.18 bits per heavy atom. The molecule has 0 bridgehead atoms. The first-order valence-corrected chi connectivity index (χ1v) is 7.08. The lowest BCUT2D eigenvalue weighted by Gasteiger charge is -2.18. The molecule has 0 aliphatic carbocycles. The van der Waals surface area contributed by atoms with Crippen molar-refractivity contribution in [1.82, 2.24) is 0 Å². The number of esters is 1. The first-order chi connectivity index (χ1) is 8.00. The van der Waals surface area contributed by atoms with Crippen LogP contribution in [0.15, 0.2) is 37.7 Å². The van der Waals surface area contributed by atoms with Crippen molar-refractivity contribution in [1.29, 1.82) is 0 Å². The predicted octanol–water partition coefficient (Wildman–Crippen LogP) is 3.41. The Kier molecular flexibility index (Phi) is 4.07. The van der Waals surface area contributed by atoms with E-state index in [1.54, 1.807) is 12.1 Å². The van der Waals surface area contributed by atoms with Gasteiger partial charge in [0.15, 0.2) is 6.10 Å². The van der Waals surface area contributed by atoms with E-state index in [1.807, 2.05) is 12.1 Å². The number of aliphatic hydroxyl groups excluding tert-OH is 1. The molecule has 0 saturated carbocycles. The van der Waals surface area contributed by atoms with Crippen molar-refractivity contribution in [2.75, 3.05) is 0 Å². The topological polar surface area (TPSA) is 46.5 Å². The molecule has 0 amide bonds. The quantitative estimate of drug-likeness (QED) is 0.737. The number of hydrogen-bond acceptors (Lipinski definition) is 3. The van der Waals surface area contributed by atoms with E-state index in [-0.39, 0.29) is 0 Å². The van der Waals surface area contributed by atoms with Crippen LogP contribution in [0.4, 0.5) is 0 Å². The average Bonchev–Trinajstić information content (AvgIpc) is 2.57. The Morgan fingerprint density at radius 3 is 2.24 bits per heavy atom. The molecule has 1 aromatic rings. The Bertz CT molecular complexity index is 481. The highest BCUT2D eigenvalue weighted by Gasteiger charge is 2.36. The largest absolute Gasteiger partial charge is 0.450 e. The molecule has 3 nitrogen and oxygen atoms in total. The number of ether oxygens (including phenoxy) is 1. The maximum Gasteiger partial charge on any atom is 0.346 e. The first-order valence-electron chi connectivity index (χ1n) is 4.70. The van der Waals surface area contributed by atoms with Crippen LogP contribution in [0, 0.1) is 0 Å². The zero-order chi connectivity index (χ0) is 12.6. The molecule has 1 aliphatic rings. The fourth-order valence-electron chi connectivity index (χ4n) is 1.48. The number of aliphatic hydroxyl groups is 1. The second kappa shape index (κ2) is 5.22. The van der Waals surface area contributed by atoms with Gasteiger partial charge < -0.3 is 9.84 Å². The molecule has 1 aromatic carbocycles. The van der Waals surface area contributed by atoms with Crippen molar-refractivity contribution in [3.63, 3.8) is 0 Å². The number of carbonyl (C=O) groups excluding carboxylic acids is 1. The molecule has 17 heavy (non-hydrogen) atoms. The summed E-state index contributed by atoms with van der Waals surface area (Å²) in [5.41, 5.74) is 0.685. The van der Waals surface area contributed by atoms with Crippen LogP contribution in [0.5, 0.6) is 0 Å². The highest BCUT2D eigenvalue weighted by Crippen LogP contribution is 2.37. The molecule has 6 heteroatoms. The Labute approximate surface area is 123 Å². The van der Waals surface area contributed by atoms with Crippen molar-refractivity contribution in [3.8, 4) is 0 Å². The monoisotopic (exact) mass is 424 g/mol. The maximum atomic E-state index is 11.3. The number of halogens is 3. The van der Waals surface area contributed by atoms with Crippen LogP contribution >= 0.6 is 47.8 Å². The number of cyclic esters (lactones) is 1. The van der Waals surface area contributed by atoms with Gasteiger partial charge >= 0.3 is 5.97 Å². The third kappa shape index (κ3) is 2.65. The van der Waals surface area contributed by atoms with E-state index < -0.39 is 18.2 Å². The SMILES string of the molecule is O=C1O[C@@H]([C@H](O)c2ccc(Br)cc2)C(Br)=C1Br. The lowest BCUT2D eigenvalue weighted by molar-refractivity contribution is -0.143. The normalized spacial score (nSPS) is 21.6. The molecular formula is C11H7Br3O3. The van der Waals surface area contributed by atoms with E-state index >= 15 is 0 Å². The zero-order valence-electron chi connectivity index (χ0n) is 8.36. The summed E-state index contributed by atoms with van der Waals surface area (Å²) < 4.78 is 6.83. The van der Waals surface area contributed by atoms with Gasteiger partial charge in [-0.1, -0.05) is 28.1 Å². The molecule has 0 spiro atoms. The fraction of sp³-hybridized carbons (Fsp3) is 0.182. The number of benzene rings is 1. The highest BCUT2D eigenvalue weighted by atomic mass is 79.9. The third-order valence-electron chi connectivity index (χ3n) is 2.37. The summed E-state index contributed by atoms with van der Waals surface area (Å²) in [7, 11) is 0. The minimum absolute atomic E-state index is 0.318. The van der Waals surface area contributed by atoms with Gasteiger partial charge in [0.1, 0.15) is 10.6 Å². The van der Waals surface area contributed by atoms with Gasteiger partial charge in [-0.2, -0.15) is 0 Å². The van der Waals surface area contributed by atoms with Crippen molar-refractivity contribution in [2.24, 2.45) is 0 Å². The maximum absolute atomic E-state index is 11.3. The molecule has 0 radical (unpaired) electrons. The standard InChI is InChI=1S/C11H7Br3O3/c12-6-3-1-5(2-4-6)9(15)10-7(13)8(14)11(16)17-10/h1-4,9-10,15H/t9-,10-/m1/s1. The van der Waals surface area contributed by atoms with E-state index in [9.17, 15) is 9.90 Å². The second-order valence-corrected chi connectivity index (χ2v) is 6.05. The van der Waals surface area contributed by atoms with Gasteiger partial charge in [0.05, 0.1) is 4.48 Å². The van der Waals surface area contributed by atoms with E-state index in [1.165, 1.54) is 0 Å². The van der Waals surface area contributed by atoms with Gasteiger partial charge in [-0.05, 0) is 49.6 Å². The molecule has 1 aliphatic heterocycles. The molecule has 0 fully saturated rings. The Morgan fingerprint density at radius 2 is 1.76 bits per heavy atom. The minimum Gasteiger partial charge on any atom is -0.450 e. The first kappa shape index (κ1) is 13.3. The van der Waals surface area contributed by atoms with Crippen LogP contribution in [-0.4, -0.2) is 17.2 Å². The van der Waals surface area contributed by atoms with E-state index in [2.05, 4.69) is 47.8 Å². The summed E-state index contributed by atoms with van der Waals surface area (Å²) in [6.45, 7) is 0. The van der Waals surface area contributed by atoms with Crippen molar-refractivity contribution < 1.29 is 14.6 Å². The Hall–Kier alpha value is -0.170. The van der Waals surface area contributed by atoms with Crippen LogP contribution in [0.1, 0.15) is 11.7 Å². The van der Waals surface area contributed by atoms with Crippen LogP contribution < -0.4 is 0 Å². The van der Waals surface area contributed by atoms with Crippen LogP contribution in [0.2, 0.25) is 0 Å². The van der Waals surface area contributed by atoms with E-state index in [0.29, 0.717) is 14.5 Å². The number of carbonyl (C=O) groups is 1. The number of hydrogen-bond donors (Lipinski definition) is 1. The summed E-state index contributed by atoms with van der Waals surface area (Å²) in [5.74, 6) is -0.474. The van der Waals surface area contributed by atoms with Crippen molar-refractivity contribution >= 4 is 53.8 Å². The van der Waals surface area contributed by atoms with Gasteiger partial charge in [0, 0.05) is 4.47 Å². The lowest BCUT2D eigenvalue weighted by atomic mass is 10.0. The summed E-state index contributed by atoms with van der Waals surface area (Å²) in [6.07, 6.45) is -1.59. The number of rotatable bonds is 2. The zero-order valence-corrected chi connectivity index (χ0v) is 13.1. The molecule has 1 N–H and O–H groups in total. The van der Waals surface area contributed by atoms with Crippen LogP contribution in [-0.2, 0) is 9.53 Å². The summed E-state index contributed by atoms with van der Waals surface area (Å²) in [6, 6.07) is 7.19. The minimum atomic E-state index is -0.892. The highest BCUT2D eigenvalue weighted by molar-refractivity contribution is 9.14. The van der Waals surface area contributed by atoms with Gasteiger partial charge in [-0.25, -0.2) is 4.79 Å². The molecule has 0 unspecified atom stereocenters. The fourth-order valence-corrected chi connectivity index (χ4v) is 2.57. The molecule has 1 heterocycles. The van der Waals surface area contributed by atoms with Gasteiger partial charge in [-0.15, -0.1) is 0 Å². The summed E-state index contributed by atoms with van der Waals surface area (Å²) >= 11 is 9.66. The summed E-state index contributed by atoms with van der Waals surface area (Å²) in [5, 5.41) is 10.1. The predicted molar refractivity (Wildman–Crippen MR) is 73.9 cm³/mol. The van der Waals surface area contributed by atoms with Gasteiger partial charge in [-0.3, -0.25) is 0 Å². The lowest BCUT2D eigenvalue weighted by Crippen LogP contribution is -2.20. The molecule has 2 atom stereocenters. The summed E-state index contributed by atoms with van der Waals surface area (Å²) in [4.78, 5) is 11.3. The molecule has 0 saturated heterocycles. The van der Waals surface area contributed by atoms with Gasteiger partial charge in [0.25, 0.3) is 0 Å². The smallest absolute Gasteiger partial charge is 0.346 e. The van der Waals surface area contributed by atoms with Gasteiger partial charge in [0.2, 0.25) is 0 Å². The van der Waals surface area contributed by atoms with Crippen molar-refractivity contribution in [2.45, 2.75) is 12.2 Å². The van der Waals surface area contributed by atoms with E-state index in [4.69, 9.17) is 4.74 Å². The third-order valence-corrected chi connectivity index (χ3v) is 5.03. The van der Waals surface area contributed by atoms with E-state index in [0.717, 1.165) is 4.47 Å².